The summed E-state index contributed by atoms with van der Waals surface area (Å²) in [5, 5.41) is 0. The molecule has 13 nitrogen and oxygen atoms in total. The molecule has 6 atom stereocenters. The van der Waals surface area contributed by atoms with Crippen LogP contribution in [0.4, 0.5) is 0 Å². The number of rotatable bonds is 10. The lowest BCUT2D eigenvalue weighted by Gasteiger charge is -2.40. The van der Waals surface area contributed by atoms with Gasteiger partial charge in [0.25, 0.3) is 0 Å². The van der Waals surface area contributed by atoms with Crippen LogP contribution in [-0.2, 0) is 44.5 Å². The molecule has 13 heteroatoms. The van der Waals surface area contributed by atoms with Gasteiger partial charge in [0.2, 0.25) is 12.4 Å². The maximum absolute atomic E-state index is 12.0. The number of esters is 3. The van der Waals surface area contributed by atoms with Crippen molar-refractivity contribution in [2.45, 2.75) is 64.0 Å². The van der Waals surface area contributed by atoms with Gasteiger partial charge in [0.1, 0.15) is 23.4 Å². The Hall–Kier alpha value is -4.23. The molecule has 0 aliphatic carbocycles. The first-order valence-electron chi connectivity index (χ1n) is 13.5. The van der Waals surface area contributed by atoms with Gasteiger partial charge in [-0.15, -0.1) is 0 Å². The zero-order chi connectivity index (χ0) is 31.3. The monoisotopic (exact) mass is 604 g/mol. The highest BCUT2D eigenvalue weighted by molar-refractivity contribution is 5.68. The van der Waals surface area contributed by atoms with E-state index in [1.165, 1.54) is 27.9 Å². The van der Waals surface area contributed by atoms with E-state index in [9.17, 15) is 14.4 Å². The van der Waals surface area contributed by atoms with Crippen molar-refractivity contribution in [3.63, 3.8) is 0 Å². The van der Waals surface area contributed by atoms with Crippen molar-refractivity contribution in [1.82, 2.24) is 0 Å². The van der Waals surface area contributed by atoms with E-state index in [1.54, 1.807) is 39.5 Å². The molecule has 43 heavy (non-hydrogen) atoms. The molecule has 0 unspecified atom stereocenters. The van der Waals surface area contributed by atoms with Crippen LogP contribution >= 0.6 is 0 Å². The summed E-state index contributed by atoms with van der Waals surface area (Å²) in [5.74, 6) is 0.334. The highest BCUT2D eigenvalue weighted by Gasteiger charge is 2.48. The standard InChI is InChI=1S/C30H36O13/c1-15(31)39-26-14-38-30(29(41-17(3)33)28(26)40-16(2)32)42-19-11-22(35-5)20-13-25(37-7)27(43-23(20)12-19)18-8-9-21(34-4)24(10-18)36-6/h8-12,25-30H,13-14H2,1-7H3/t25-,26-,27-,28+,29-,30+/m1/s1. The van der Waals surface area contributed by atoms with Crippen LogP contribution in [-0.4, -0.2) is 83.7 Å². The molecule has 0 radical (unpaired) electrons. The zero-order valence-electron chi connectivity index (χ0n) is 25.1. The molecule has 2 heterocycles. The van der Waals surface area contributed by atoms with Crippen LogP contribution in [0.2, 0.25) is 0 Å². The Kier molecular flexibility index (Phi) is 10.2. The lowest BCUT2D eigenvalue weighted by atomic mass is 9.93. The molecule has 0 N–H and O–H groups in total. The minimum Gasteiger partial charge on any atom is -0.496 e. The van der Waals surface area contributed by atoms with Crippen molar-refractivity contribution in [3.8, 4) is 28.7 Å². The summed E-state index contributed by atoms with van der Waals surface area (Å²) in [4.78, 5) is 35.6. The summed E-state index contributed by atoms with van der Waals surface area (Å²) < 4.78 is 56.9. The molecular formula is C30H36O13. The molecule has 2 aliphatic heterocycles. The first kappa shape index (κ1) is 31.7. The Bertz CT molecular complexity index is 1330. The van der Waals surface area contributed by atoms with Gasteiger partial charge in [-0.2, -0.15) is 0 Å². The average molecular weight is 605 g/mol. The fourth-order valence-corrected chi connectivity index (χ4v) is 5.14. The summed E-state index contributed by atoms with van der Waals surface area (Å²) in [6.45, 7) is 3.40. The molecule has 1 fully saturated rings. The quantitative estimate of drug-likeness (QED) is 0.290. The van der Waals surface area contributed by atoms with Gasteiger partial charge in [0.05, 0.1) is 27.9 Å². The Balaban J connectivity index is 1.67. The zero-order valence-corrected chi connectivity index (χ0v) is 25.1. The lowest BCUT2D eigenvalue weighted by molar-refractivity contribution is -0.259. The van der Waals surface area contributed by atoms with E-state index in [-0.39, 0.29) is 18.5 Å². The third kappa shape index (κ3) is 7.23. The summed E-state index contributed by atoms with van der Waals surface area (Å²) in [7, 11) is 6.23. The fourth-order valence-electron chi connectivity index (χ4n) is 5.14. The van der Waals surface area contributed by atoms with Crippen LogP contribution in [0.5, 0.6) is 28.7 Å². The summed E-state index contributed by atoms with van der Waals surface area (Å²) in [6.07, 6.45) is -5.13. The van der Waals surface area contributed by atoms with Gasteiger partial charge in [-0.3, -0.25) is 14.4 Å². The summed E-state index contributed by atoms with van der Waals surface area (Å²) in [5.41, 5.74) is 1.55. The van der Waals surface area contributed by atoms with E-state index >= 15 is 0 Å². The molecule has 2 aromatic carbocycles. The van der Waals surface area contributed by atoms with E-state index < -0.39 is 48.6 Å². The van der Waals surface area contributed by atoms with Crippen LogP contribution in [0.15, 0.2) is 30.3 Å². The molecule has 0 bridgehead atoms. The second-order valence-corrected chi connectivity index (χ2v) is 9.85. The fraction of sp³-hybridized carbons (Fsp3) is 0.500. The van der Waals surface area contributed by atoms with Gasteiger partial charge in [-0.05, 0) is 17.7 Å². The number of methoxy groups -OCH3 is 4. The smallest absolute Gasteiger partial charge is 0.303 e. The maximum atomic E-state index is 12.0. The molecule has 0 aromatic heterocycles. The van der Waals surface area contributed by atoms with E-state index in [4.69, 9.17) is 47.4 Å². The van der Waals surface area contributed by atoms with Gasteiger partial charge >= 0.3 is 17.9 Å². The van der Waals surface area contributed by atoms with Crippen LogP contribution < -0.4 is 23.7 Å². The third-order valence-corrected chi connectivity index (χ3v) is 6.95. The van der Waals surface area contributed by atoms with E-state index in [2.05, 4.69) is 0 Å². The van der Waals surface area contributed by atoms with Crippen molar-refractivity contribution < 1.29 is 61.8 Å². The minimum atomic E-state index is -1.26. The van der Waals surface area contributed by atoms with Crippen molar-refractivity contribution in [3.05, 3.63) is 41.5 Å². The highest BCUT2D eigenvalue weighted by Crippen LogP contribution is 2.45. The van der Waals surface area contributed by atoms with Crippen LogP contribution in [0.3, 0.4) is 0 Å². The van der Waals surface area contributed by atoms with Gasteiger partial charge in [-0.25, -0.2) is 0 Å². The number of fused-ring (bicyclic) bond motifs is 1. The van der Waals surface area contributed by atoms with Crippen LogP contribution in [0.25, 0.3) is 0 Å². The number of ether oxygens (including phenoxy) is 10. The molecule has 0 amide bonds. The number of hydrogen-bond donors (Lipinski definition) is 0. The first-order valence-corrected chi connectivity index (χ1v) is 13.5. The number of hydrogen-bond acceptors (Lipinski definition) is 13. The first-order chi connectivity index (χ1) is 20.6. The van der Waals surface area contributed by atoms with Crippen molar-refractivity contribution in [2.75, 3.05) is 35.0 Å². The average Bonchev–Trinajstić information content (AvgIpc) is 2.97. The molecule has 1 saturated heterocycles. The number of carbonyl (C=O) groups is 3. The van der Waals surface area contributed by atoms with Crippen molar-refractivity contribution in [1.29, 1.82) is 0 Å². The number of benzene rings is 2. The predicted molar refractivity (Wildman–Crippen MR) is 147 cm³/mol. The molecular weight excluding hydrogens is 568 g/mol. The van der Waals surface area contributed by atoms with Gasteiger partial charge < -0.3 is 47.4 Å². The molecule has 0 saturated carbocycles. The number of carbonyl (C=O) groups excluding carboxylic acids is 3. The van der Waals surface area contributed by atoms with Gasteiger partial charge in [0, 0.05) is 52.0 Å². The van der Waals surface area contributed by atoms with Crippen molar-refractivity contribution >= 4 is 17.9 Å². The minimum absolute atomic E-state index is 0.185. The summed E-state index contributed by atoms with van der Waals surface area (Å²) in [6, 6.07) is 8.78. The molecule has 2 aliphatic rings. The van der Waals surface area contributed by atoms with E-state index in [1.807, 2.05) is 12.1 Å². The second kappa shape index (κ2) is 13.8. The highest BCUT2D eigenvalue weighted by atomic mass is 16.7. The molecule has 2 aromatic rings. The Labute approximate surface area is 249 Å². The molecule has 4 rings (SSSR count). The maximum Gasteiger partial charge on any atom is 0.303 e. The normalized spacial score (nSPS) is 24.4. The molecule has 234 valence electrons. The lowest BCUT2D eigenvalue weighted by Crippen LogP contribution is -2.59. The Morgan fingerprint density at radius 2 is 1.40 bits per heavy atom. The second-order valence-electron chi connectivity index (χ2n) is 9.85. The molecule has 0 spiro atoms. The summed E-state index contributed by atoms with van der Waals surface area (Å²) >= 11 is 0. The Morgan fingerprint density at radius 3 is 2.00 bits per heavy atom. The van der Waals surface area contributed by atoms with Gasteiger partial charge in [0.15, 0.2) is 29.8 Å². The van der Waals surface area contributed by atoms with E-state index in [0.29, 0.717) is 29.4 Å². The van der Waals surface area contributed by atoms with Crippen LogP contribution in [0, 0.1) is 0 Å². The van der Waals surface area contributed by atoms with Gasteiger partial charge in [-0.1, -0.05) is 6.07 Å². The predicted octanol–water partition coefficient (Wildman–Crippen LogP) is 2.93. The van der Waals surface area contributed by atoms with Crippen molar-refractivity contribution in [2.24, 2.45) is 0 Å². The topological polar surface area (TPSA) is 144 Å². The van der Waals surface area contributed by atoms with E-state index in [0.717, 1.165) is 11.1 Å². The third-order valence-electron chi connectivity index (χ3n) is 6.95. The largest absolute Gasteiger partial charge is 0.496 e. The SMILES string of the molecule is COc1ccc([C@H]2Oc3cc(O[C@@H]4OC[C@@H](OC(C)=O)[C@H](OC(C)=O)[C@H]4OC(C)=O)cc(OC)c3C[C@H]2OC)cc1OC. The van der Waals surface area contributed by atoms with Crippen LogP contribution in [0.1, 0.15) is 38.0 Å². The Morgan fingerprint density at radius 1 is 0.744 bits per heavy atom.